The van der Waals surface area contributed by atoms with Gasteiger partial charge in [0.15, 0.2) is 0 Å². The topological polar surface area (TPSA) is 52.0 Å². The maximum absolute atomic E-state index is 5.94. The van der Waals surface area contributed by atoms with Crippen molar-refractivity contribution in [2.75, 3.05) is 11.5 Å². The largest absolute Gasteiger partial charge is 0.399 e. The van der Waals surface area contributed by atoms with E-state index in [0.717, 1.165) is 35.3 Å². The number of unbranched alkanes of at least 4 members (excludes halogenated alkanes) is 3. The fraction of sp³-hybridized carbons (Fsp3) is 0.294. The van der Waals surface area contributed by atoms with Crippen molar-refractivity contribution < 1.29 is 0 Å². The molecule has 0 bridgehead atoms. The molecule has 2 heteroatoms. The number of rotatable bonds is 11. The summed E-state index contributed by atoms with van der Waals surface area (Å²) in [5.41, 5.74) is 24.2. The summed E-state index contributed by atoms with van der Waals surface area (Å²) in [6, 6.07) is 31.0. The van der Waals surface area contributed by atoms with E-state index in [0.29, 0.717) is 0 Å². The van der Waals surface area contributed by atoms with Crippen molar-refractivity contribution >= 4 is 11.4 Å². The molecule has 4 N–H and O–H groups in total. The normalized spacial score (nSPS) is 11.1. The smallest absolute Gasteiger partial charge is 0.0343 e. The summed E-state index contributed by atoms with van der Waals surface area (Å²) in [5.74, 6) is 0. The van der Waals surface area contributed by atoms with Crippen molar-refractivity contribution in [1.82, 2.24) is 0 Å². The van der Waals surface area contributed by atoms with E-state index in [1.165, 1.54) is 71.9 Å². The van der Waals surface area contributed by atoms with Crippen LogP contribution in [0.3, 0.4) is 0 Å². The number of hydrogen-bond acceptors (Lipinski definition) is 2. The standard InChI is InChI=1S/C34H40N2/c1-25-21-31(17-19-33(25)35)23-29-13-9-27(10-14-29)7-5-3-4-6-8-28-11-15-30(16-12-28)24-32-18-20-34(36)26(2)22-32/h9-22H,3-8,23-24,35-36H2,1-2H3. The molecule has 0 saturated carbocycles. The number of benzene rings is 4. The van der Waals surface area contributed by atoms with Gasteiger partial charge < -0.3 is 11.5 Å². The quantitative estimate of drug-likeness (QED) is 0.170. The summed E-state index contributed by atoms with van der Waals surface area (Å²) in [6.45, 7) is 4.14. The number of anilines is 2. The third-order valence-electron chi connectivity index (χ3n) is 7.21. The maximum Gasteiger partial charge on any atom is 0.0343 e. The molecule has 0 fully saturated rings. The van der Waals surface area contributed by atoms with Crippen molar-refractivity contribution in [3.05, 3.63) is 129 Å². The molecule has 0 aliphatic rings. The third kappa shape index (κ3) is 7.49. The van der Waals surface area contributed by atoms with Gasteiger partial charge in [-0.2, -0.15) is 0 Å². The van der Waals surface area contributed by atoms with E-state index in [1.807, 2.05) is 12.1 Å². The summed E-state index contributed by atoms with van der Waals surface area (Å²) in [4.78, 5) is 0. The molecule has 0 saturated heterocycles. The third-order valence-corrected chi connectivity index (χ3v) is 7.21. The van der Waals surface area contributed by atoms with Crippen LogP contribution < -0.4 is 11.5 Å². The van der Waals surface area contributed by atoms with E-state index < -0.39 is 0 Å². The van der Waals surface area contributed by atoms with Gasteiger partial charge in [0.2, 0.25) is 0 Å². The molecule has 186 valence electrons. The van der Waals surface area contributed by atoms with Crippen molar-refractivity contribution in [3.8, 4) is 0 Å². The molecule has 4 aromatic rings. The Labute approximate surface area is 217 Å². The van der Waals surface area contributed by atoms with Crippen molar-refractivity contribution in [2.45, 2.75) is 65.2 Å². The first-order valence-electron chi connectivity index (χ1n) is 13.3. The van der Waals surface area contributed by atoms with E-state index in [4.69, 9.17) is 11.5 Å². The van der Waals surface area contributed by atoms with Crippen LogP contribution in [0.15, 0.2) is 84.9 Å². The minimum atomic E-state index is 0.868. The molecule has 0 aliphatic carbocycles. The Kier molecular flexibility index (Phi) is 8.84. The molecule has 0 heterocycles. The van der Waals surface area contributed by atoms with Gasteiger partial charge in [0.05, 0.1) is 0 Å². The van der Waals surface area contributed by atoms with E-state index in [1.54, 1.807) is 0 Å². The molecule has 0 aliphatic heterocycles. The predicted molar refractivity (Wildman–Crippen MR) is 156 cm³/mol. The molecular weight excluding hydrogens is 436 g/mol. The zero-order valence-electron chi connectivity index (χ0n) is 21.9. The molecule has 0 unspecified atom stereocenters. The lowest BCUT2D eigenvalue weighted by molar-refractivity contribution is 0.640. The lowest BCUT2D eigenvalue weighted by atomic mass is 9.98. The number of hydrogen-bond donors (Lipinski definition) is 2. The van der Waals surface area contributed by atoms with Gasteiger partial charge in [-0.05, 0) is 109 Å². The molecule has 4 rings (SSSR count). The van der Waals surface area contributed by atoms with Gasteiger partial charge in [-0.1, -0.05) is 85.6 Å². The van der Waals surface area contributed by atoms with Crippen LogP contribution in [0.4, 0.5) is 11.4 Å². The van der Waals surface area contributed by atoms with Crippen LogP contribution >= 0.6 is 0 Å². The van der Waals surface area contributed by atoms with Crippen LogP contribution in [-0.4, -0.2) is 0 Å². The van der Waals surface area contributed by atoms with Gasteiger partial charge in [-0.15, -0.1) is 0 Å². The monoisotopic (exact) mass is 476 g/mol. The molecule has 36 heavy (non-hydrogen) atoms. The van der Waals surface area contributed by atoms with Crippen LogP contribution in [0, 0.1) is 13.8 Å². The second-order valence-electron chi connectivity index (χ2n) is 10.3. The SMILES string of the molecule is Cc1cc(Cc2ccc(CCCCCCc3ccc(Cc4ccc(N)c(C)c4)cc3)cc2)ccc1N. The minimum absolute atomic E-state index is 0.868. The van der Waals surface area contributed by atoms with Crippen LogP contribution in [0.2, 0.25) is 0 Å². The van der Waals surface area contributed by atoms with Gasteiger partial charge in [-0.3, -0.25) is 0 Å². The Balaban J connectivity index is 1.13. The highest BCUT2D eigenvalue weighted by atomic mass is 14.6. The van der Waals surface area contributed by atoms with Gasteiger partial charge in [-0.25, -0.2) is 0 Å². The highest BCUT2D eigenvalue weighted by Gasteiger charge is 2.02. The minimum Gasteiger partial charge on any atom is -0.399 e. The van der Waals surface area contributed by atoms with Crippen LogP contribution in [0.25, 0.3) is 0 Å². The summed E-state index contributed by atoms with van der Waals surface area (Å²) in [7, 11) is 0. The highest BCUT2D eigenvalue weighted by molar-refractivity contribution is 5.49. The Morgan fingerprint density at radius 1 is 0.417 bits per heavy atom. The second-order valence-corrected chi connectivity index (χ2v) is 10.3. The van der Waals surface area contributed by atoms with E-state index in [9.17, 15) is 0 Å². The lowest BCUT2D eigenvalue weighted by Gasteiger charge is -2.08. The van der Waals surface area contributed by atoms with Gasteiger partial charge in [0.25, 0.3) is 0 Å². The first kappa shape index (κ1) is 25.6. The average Bonchev–Trinajstić information content (AvgIpc) is 2.88. The predicted octanol–water partition coefficient (Wildman–Crippen LogP) is 8.00. The number of nitrogens with two attached hydrogens (primary N) is 2. The highest BCUT2D eigenvalue weighted by Crippen LogP contribution is 2.19. The van der Waals surface area contributed by atoms with Crippen molar-refractivity contribution in [2.24, 2.45) is 0 Å². The fourth-order valence-electron chi connectivity index (χ4n) is 4.83. The van der Waals surface area contributed by atoms with E-state index in [-0.39, 0.29) is 0 Å². The van der Waals surface area contributed by atoms with Gasteiger partial charge >= 0.3 is 0 Å². The first-order valence-corrected chi connectivity index (χ1v) is 13.3. The van der Waals surface area contributed by atoms with E-state index >= 15 is 0 Å². The van der Waals surface area contributed by atoms with Crippen LogP contribution in [0.1, 0.15) is 70.2 Å². The number of aryl methyl sites for hydroxylation is 4. The molecule has 0 spiro atoms. The summed E-state index contributed by atoms with van der Waals surface area (Å²) >= 11 is 0. The van der Waals surface area contributed by atoms with Crippen molar-refractivity contribution in [1.29, 1.82) is 0 Å². The lowest BCUT2D eigenvalue weighted by Crippen LogP contribution is -1.94. The molecule has 4 aromatic carbocycles. The number of nitrogen functional groups attached to an aromatic ring is 2. The van der Waals surface area contributed by atoms with Gasteiger partial charge in [0.1, 0.15) is 0 Å². The zero-order chi connectivity index (χ0) is 25.3. The van der Waals surface area contributed by atoms with E-state index in [2.05, 4.69) is 86.6 Å². The Bertz CT molecular complexity index is 1150. The molecule has 0 radical (unpaired) electrons. The average molecular weight is 477 g/mol. The maximum atomic E-state index is 5.94. The molecule has 0 aromatic heterocycles. The Morgan fingerprint density at radius 3 is 1.11 bits per heavy atom. The molecule has 2 nitrogen and oxygen atoms in total. The summed E-state index contributed by atoms with van der Waals surface area (Å²) < 4.78 is 0. The second kappa shape index (κ2) is 12.4. The zero-order valence-corrected chi connectivity index (χ0v) is 21.9. The van der Waals surface area contributed by atoms with Crippen LogP contribution in [0.5, 0.6) is 0 Å². The summed E-state index contributed by atoms with van der Waals surface area (Å²) in [6.07, 6.45) is 9.36. The van der Waals surface area contributed by atoms with Gasteiger partial charge in [0, 0.05) is 11.4 Å². The van der Waals surface area contributed by atoms with Crippen LogP contribution in [-0.2, 0) is 25.7 Å². The molecule has 0 amide bonds. The Hall–Kier alpha value is -3.52. The summed E-state index contributed by atoms with van der Waals surface area (Å²) in [5, 5.41) is 0. The Morgan fingerprint density at radius 2 is 0.750 bits per heavy atom. The first-order chi connectivity index (χ1) is 17.5. The molecular formula is C34H40N2. The fourth-order valence-corrected chi connectivity index (χ4v) is 4.83. The molecule has 0 atom stereocenters. The van der Waals surface area contributed by atoms with Crippen molar-refractivity contribution in [3.63, 3.8) is 0 Å².